The van der Waals surface area contributed by atoms with Gasteiger partial charge in [0.05, 0.1) is 25.4 Å². The molecule has 1 aromatic rings. The number of aliphatic hydroxyl groups is 1. The molecule has 0 saturated carbocycles. The van der Waals surface area contributed by atoms with Crippen LogP contribution in [0.2, 0.25) is 0 Å². The highest BCUT2D eigenvalue weighted by Crippen LogP contribution is 2.26. The topological polar surface area (TPSA) is 58.7 Å². The second kappa shape index (κ2) is 3.83. The second-order valence-electron chi connectivity index (χ2n) is 4.30. The lowest BCUT2D eigenvalue weighted by atomic mass is 10.0. The molecule has 1 N–H and O–H groups in total. The van der Waals surface area contributed by atoms with Crippen LogP contribution in [-0.2, 0) is 11.3 Å². The molecule has 1 aliphatic rings. The molecular weight excluding hydrogens is 196 g/mol. The molecule has 0 bridgehead atoms. The fraction of sp³-hybridized carbons (Fsp3) is 0.700. The van der Waals surface area contributed by atoms with Gasteiger partial charge in [0.1, 0.15) is 12.0 Å². The number of aliphatic hydroxyl groups excluding tert-OH is 1. The van der Waals surface area contributed by atoms with Gasteiger partial charge in [0.15, 0.2) is 0 Å². The Bertz CT molecular complexity index is 335. The van der Waals surface area contributed by atoms with E-state index in [0.29, 0.717) is 24.9 Å². The Hall–Kier alpha value is -1.07. The van der Waals surface area contributed by atoms with Crippen LogP contribution in [0.3, 0.4) is 0 Å². The maximum absolute atomic E-state index is 8.91. The summed E-state index contributed by atoms with van der Waals surface area (Å²) in [6.45, 7) is 6.17. The van der Waals surface area contributed by atoms with Gasteiger partial charge in [-0.1, -0.05) is 0 Å². The number of hydrogen-bond acceptors (Lipinski definition) is 5. The molecule has 0 aliphatic carbocycles. The first-order valence-corrected chi connectivity index (χ1v) is 5.04. The molecule has 1 fully saturated rings. The summed E-state index contributed by atoms with van der Waals surface area (Å²) >= 11 is 0. The third kappa shape index (κ3) is 1.98. The van der Waals surface area contributed by atoms with Crippen molar-refractivity contribution in [2.24, 2.45) is 0 Å². The summed E-state index contributed by atoms with van der Waals surface area (Å²) in [7, 11) is 0. The summed E-state index contributed by atoms with van der Waals surface area (Å²) in [6.07, 6.45) is 1.49. The number of morpholine rings is 1. The van der Waals surface area contributed by atoms with E-state index >= 15 is 0 Å². The molecule has 0 amide bonds. The largest absolute Gasteiger partial charge is 0.432 e. The molecule has 2 heterocycles. The van der Waals surface area contributed by atoms with Gasteiger partial charge in [-0.3, -0.25) is 0 Å². The van der Waals surface area contributed by atoms with E-state index in [-0.39, 0.29) is 12.1 Å². The van der Waals surface area contributed by atoms with Crippen molar-refractivity contribution in [3.05, 3.63) is 12.0 Å². The average Bonchev–Trinajstić information content (AvgIpc) is 2.65. The van der Waals surface area contributed by atoms with Gasteiger partial charge in [0, 0.05) is 6.54 Å². The van der Waals surface area contributed by atoms with Crippen molar-refractivity contribution in [1.29, 1.82) is 0 Å². The minimum Gasteiger partial charge on any atom is -0.432 e. The lowest BCUT2D eigenvalue weighted by Crippen LogP contribution is -2.53. The van der Waals surface area contributed by atoms with E-state index < -0.39 is 0 Å². The van der Waals surface area contributed by atoms with Crippen LogP contribution in [0, 0.1) is 0 Å². The quantitative estimate of drug-likeness (QED) is 0.785. The van der Waals surface area contributed by atoms with Crippen molar-refractivity contribution >= 4 is 6.01 Å². The zero-order valence-electron chi connectivity index (χ0n) is 9.06. The van der Waals surface area contributed by atoms with Gasteiger partial charge in [0.2, 0.25) is 0 Å². The maximum atomic E-state index is 8.91. The lowest BCUT2D eigenvalue weighted by Gasteiger charge is -2.40. The lowest BCUT2D eigenvalue weighted by molar-refractivity contribution is 0.0612. The van der Waals surface area contributed by atoms with E-state index in [9.17, 15) is 0 Å². The van der Waals surface area contributed by atoms with Crippen LogP contribution < -0.4 is 4.90 Å². The normalized spacial score (nSPS) is 20.6. The van der Waals surface area contributed by atoms with Crippen molar-refractivity contribution in [2.45, 2.75) is 26.0 Å². The molecule has 0 spiro atoms. The first-order chi connectivity index (χ1) is 7.13. The molecule has 0 aromatic carbocycles. The number of nitrogens with zero attached hydrogens (tertiary/aromatic N) is 2. The highest BCUT2D eigenvalue weighted by molar-refractivity contribution is 5.32. The van der Waals surface area contributed by atoms with Crippen molar-refractivity contribution in [2.75, 3.05) is 24.7 Å². The van der Waals surface area contributed by atoms with Crippen LogP contribution in [0.5, 0.6) is 0 Å². The Morgan fingerprint density at radius 2 is 2.40 bits per heavy atom. The first kappa shape index (κ1) is 10.4. The Morgan fingerprint density at radius 3 is 3.00 bits per heavy atom. The molecule has 5 nitrogen and oxygen atoms in total. The van der Waals surface area contributed by atoms with E-state index in [1.165, 1.54) is 6.26 Å². The number of ether oxygens (including phenoxy) is 1. The smallest absolute Gasteiger partial charge is 0.298 e. The van der Waals surface area contributed by atoms with Gasteiger partial charge in [-0.05, 0) is 13.8 Å². The monoisotopic (exact) mass is 212 g/mol. The fourth-order valence-electron chi connectivity index (χ4n) is 1.71. The number of oxazole rings is 1. The number of aromatic nitrogens is 1. The summed E-state index contributed by atoms with van der Waals surface area (Å²) in [5, 5.41) is 8.91. The number of hydrogen-bond donors (Lipinski definition) is 1. The van der Waals surface area contributed by atoms with Crippen LogP contribution in [0.4, 0.5) is 6.01 Å². The van der Waals surface area contributed by atoms with Gasteiger partial charge in [-0.15, -0.1) is 0 Å². The molecule has 15 heavy (non-hydrogen) atoms. The number of anilines is 1. The van der Waals surface area contributed by atoms with E-state index in [4.69, 9.17) is 14.3 Å². The van der Waals surface area contributed by atoms with E-state index in [0.717, 1.165) is 6.54 Å². The SMILES string of the molecule is CC1(C)COCCN1c1nc(CO)co1. The predicted molar refractivity (Wildman–Crippen MR) is 54.7 cm³/mol. The molecular formula is C10H16N2O3. The molecule has 0 unspecified atom stereocenters. The van der Waals surface area contributed by atoms with Gasteiger partial charge in [0.25, 0.3) is 6.01 Å². The van der Waals surface area contributed by atoms with Crippen LogP contribution in [0.1, 0.15) is 19.5 Å². The highest BCUT2D eigenvalue weighted by atomic mass is 16.5. The van der Waals surface area contributed by atoms with Crippen LogP contribution in [-0.4, -0.2) is 35.4 Å². The maximum Gasteiger partial charge on any atom is 0.298 e. The zero-order chi connectivity index (χ0) is 10.9. The van der Waals surface area contributed by atoms with Gasteiger partial charge in [-0.25, -0.2) is 0 Å². The average molecular weight is 212 g/mol. The van der Waals surface area contributed by atoms with Crippen LogP contribution in [0.25, 0.3) is 0 Å². The zero-order valence-corrected chi connectivity index (χ0v) is 9.06. The fourth-order valence-corrected chi connectivity index (χ4v) is 1.71. The molecule has 1 aliphatic heterocycles. The third-order valence-electron chi connectivity index (χ3n) is 2.58. The Kier molecular flexibility index (Phi) is 2.67. The summed E-state index contributed by atoms with van der Waals surface area (Å²) in [5.74, 6) is 0. The summed E-state index contributed by atoms with van der Waals surface area (Å²) in [5.41, 5.74) is 0.447. The Morgan fingerprint density at radius 1 is 1.60 bits per heavy atom. The van der Waals surface area contributed by atoms with Gasteiger partial charge < -0.3 is 19.2 Å². The van der Waals surface area contributed by atoms with Crippen LogP contribution >= 0.6 is 0 Å². The molecule has 0 radical (unpaired) electrons. The van der Waals surface area contributed by atoms with Crippen LogP contribution in [0.15, 0.2) is 10.7 Å². The molecule has 2 rings (SSSR count). The molecule has 5 heteroatoms. The molecule has 0 atom stereocenters. The summed E-state index contributed by atoms with van der Waals surface area (Å²) in [6, 6.07) is 0.562. The minimum atomic E-state index is -0.115. The van der Waals surface area contributed by atoms with Crippen molar-refractivity contribution in [3.63, 3.8) is 0 Å². The molecule has 1 saturated heterocycles. The minimum absolute atomic E-state index is 0.0890. The standard InChI is InChI=1S/C10H16N2O3/c1-10(2)7-14-4-3-12(10)9-11-8(5-13)6-15-9/h6,13H,3-5,7H2,1-2H3. The summed E-state index contributed by atoms with van der Waals surface area (Å²) in [4.78, 5) is 6.27. The summed E-state index contributed by atoms with van der Waals surface area (Å²) < 4.78 is 10.7. The molecule has 84 valence electrons. The third-order valence-corrected chi connectivity index (χ3v) is 2.58. The predicted octanol–water partition coefficient (Wildman–Crippen LogP) is 0.782. The van der Waals surface area contributed by atoms with Gasteiger partial charge in [-0.2, -0.15) is 4.98 Å². The highest BCUT2D eigenvalue weighted by Gasteiger charge is 2.33. The van der Waals surface area contributed by atoms with Crippen molar-refractivity contribution < 1.29 is 14.3 Å². The Labute approximate surface area is 88.7 Å². The molecule has 1 aromatic heterocycles. The first-order valence-electron chi connectivity index (χ1n) is 5.04. The van der Waals surface area contributed by atoms with E-state index in [2.05, 4.69) is 23.7 Å². The van der Waals surface area contributed by atoms with Gasteiger partial charge >= 0.3 is 0 Å². The number of rotatable bonds is 2. The van der Waals surface area contributed by atoms with E-state index in [1.807, 2.05) is 0 Å². The van der Waals surface area contributed by atoms with Crippen molar-refractivity contribution in [3.8, 4) is 0 Å². The van der Waals surface area contributed by atoms with Crippen molar-refractivity contribution in [1.82, 2.24) is 4.98 Å². The second-order valence-corrected chi connectivity index (χ2v) is 4.30. The Balaban J connectivity index is 2.21. The van der Waals surface area contributed by atoms with E-state index in [1.54, 1.807) is 0 Å².